The smallest absolute Gasteiger partial charge is 0.245 e. The standard InChI is InChI=1S/C9H10Cl2N2O2/c10-7-1-6(2-8(11)3-7)4-13-15-5-9(12)14/h1-3,13H,4-5H2,(H2,12,14). The molecule has 0 aliphatic rings. The lowest BCUT2D eigenvalue weighted by Crippen LogP contribution is -2.24. The SMILES string of the molecule is NC(=O)CONCc1cc(Cl)cc(Cl)c1. The van der Waals surface area contributed by atoms with E-state index >= 15 is 0 Å². The molecule has 0 aliphatic heterocycles. The van der Waals surface area contributed by atoms with E-state index in [-0.39, 0.29) is 6.61 Å². The van der Waals surface area contributed by atoms with Gasteiger partial charge in [0.15, 0.2) is 0 Å². The maximum atomic E-state index is 10.3. The highest BCUT2D eigenvalue weighted by Gasteiger charge is 1.99. The molecule has 0 bridgehead atoms. The van der Waals surface area contributed by atoms with Crippen molar-refractivity contribution in [3.63, 3.8) is 0 Å². The maximum Gasteiger partial charge on any atom is 0.245 e. The molecule has 0 aliphatic carbocycles. The molecular formula is C9H10Cl2N2O2. The Labute approximate surface area is 97.3 Å². The lowest BCUT2D eigenvalue weighted by Gasteiger charge is -2.05. The largest absolute Gasteiger partial charge is 0.368 e. The number of amides is 1. The molecule has 0 aromatic heterocycles. The fourth-order valence-corrected chi connectivity index (χ4v) is 1.54. The zero-order valence-electron chi connectivity index (χ0n) is 7.80. The molecule has 0 spiro atoms. The zero-order chi connectivity index (χ0) is 11.3. The van der Waals surface area contributed by atoms with Crippen LogP contribution in [0.4, 0.5) is 0 Å². The van der Waals surface area contributed by atoms with Crippen LogP contribution in [0.25, 0.3) is 0 Å². The second kappa shape index (κ2) is 5.92. The molecule has 15 heavy (non-hydrogen) atoms. The number of hydroxylamine groups is 1. The van der Waals surface area contributed by atoms with Crippen LogP contribution in [0.3, 0.4) is 0 Å². The van der Waals surface area contributed by atoms with E-state index in [1.165, 1.54) is 0 Å². The molecule has 1 aromatic rings. The van der Waals surface area contributed by atoms with E-state index in [1.54, 1.807) is 18.2 Å². The summed E-state index contributed by atoms with van der Waals surface area (Å²) < 4.78 is 0. The monoisotopic (exact) mass is 248 g/mol. The maximum absolute atomic E-state index is 10.3. The highest BCUT2D eigenvalue weighted by Crippen LogP contribution is 2.18. The van der Waals surface area contributed by atoms with Gasteiger partial charge in [-0.05, 0) is 23.8 Å². The molecule has 1 aromatic carbocycles. The number of benzene rings is 1. The Morgan fingerprint density at radius 1 is 1.33 bits per heavy atom. The van der Waals surface area contributed by atoms with Gasteiger partial charge in [-0.1, -0.05) is 23.2 Å². The van der Waals surface area contributed by atoms with Gasteiger partial charge in [0.2, 0.25) is 5.91 Å². The molecule has 0 atom stereocenters. The van der Waals surface area contributed by atoms with Crippen LogP contribution in [0.2, 0.25) is 10.0 Å². The van der Waals surface area contributed by atoms with Crippen molar-refractivity contribution in [3.05, 3.63) is 33.8 Å². The fraction of sp³-hybridized carbons (Fsp3) is 0.222. The normalized spacial score (nSPS) is 10.3. The average molecular weight is 249 g/mol. The van der Waals surface area contributed by atoms with Crippen LogP contribution in [0.1, 0.15) is 5.56 Å². The Hall–Kier alpha value is -0.810. The van der Waals surface area contributed by atoms with Crippen molar-refractivity contribution in [1.29, 1.82) is 0 Å². The number of hydrogen-bond donors (Lipinski definition) is 2. The second-order valence-corrected chi connectivity index (χ2v) is 3.73. The van der Waals surface area contributed by atoms with Gasteiger partial charge in [0.05, 0.1) is 0 Å². The minimum atomic E-state index is -0.536. The molecular weight excluding hydrogens is 239 g/mol. The first-order chi connectivity index (χ1) is 7.08. The van der Waals surface area contributed by atoms with Gasteiger partial charge < -0.3 is 5.73 Å². The first-order valence-electron chi connectivity index (χ1n) is 4.16. The van der Waals surface area contributed by atoms with E-state index in [0.29, 0.717) is 16.6 Å². The highest BCUT2D eigenvalue weighted by atomic mass is 35.5. The van der Waals surface area contributed by atoms with E-state index in [2.05, 4.69) is 5.48 Å². The molecule has 0 saturated carbocycles. The van der Waals surface area contributed by atoms with Gasteiger partial charge in [0, 0.05) is 16.6 Å². The quantitative estimate of drug-likeness (QED) is 0.614. The van der Waals surface area contributed by atoms with Crippen molar-refractivity contribution in [3.8, 4) is 0 Å². The number of carbonyl (C=O) groups excluding carboxylic acids is 1. The fourth-order valence-electron chi connectivity index (χ4n) is 0.970. The average Bonchev–Trinajstić information content (AvgIpc) is 2.10. The van der Waals surface area contributed by atoms with Crippen molar-refractivity contribution in [2.75, 3.05) is 6.61 Å². The molecule has 0 saturated heterocycles. The molecule has 1 rings (SSSR count). The van der Waals surface area contributed by atoms with Gasteiger partial charge in [-0.2, -0.15) is 5.48 Å². The van der Waals surface area contributed by atoms with Gasteiger partial charge in [0.1, 0.15) is 6.61 Å². The van der Waals surface area contributed by atoms with Gasteiger partial charge in [-0.3, -0.25) is 9.63 Å². The van der Waals surface area contributed by atoms with E-state index in [1.807, 2.05) is 0 Å². The van der Waals surface area contributed by atoms with E-state index < -0.39 is 5.91 Å². The van der Waals surface area contributed by atoms with Crippen LogP contribution >= 0.6 is 23.2 Å². The summed E-state index contributed by atoms with van der Waals surface area (Å²) in [6.45, 7) is 0.224. The van der Waals surface area contributed by atoms with Crippen LogP contribution in [-0.4, -0.2) is 12.5 Å². The van der Waals surface area contributed by atoms with Crippen LogP contribution in [-0.2, 0) is 16.2 Å². The van der Waals surface area contributed by atoms with E-state index in [4.69, 9.17) is 33.8 Å². The second-order valence-electron chi connectivity index (χ2n) is 2.85. The highest BCUT2D eigenvalue weighted by molar-refractivity contribution is 6.34. The summed E-state index contributed by atoms with van der Waals surface area (Å²) in [6.07, 6.45) is 0. The van der Waals surface area contributed by atoms with Crippen LogP contribution < -0.4 is 11.2 Å². The summed E-state index contributed by atoms with van der Waals surface area (Å²) in [5, 5.41) is 1.10. The third-order valence-corrected chi connectivity index (χ3v) is 1.95. The summed E-state index contributed by atoms with van der Waals surface area (Å²) >= 11 is 11.6. The molecule has 0 heterocycles. The summed E-state index contributed by atoms with van der Waals surface area (Å²) in [6, 6.07) is 5.12. The van der Waals surface area contributed by atoms with E-state index in [9.17, 15) is 4.79 Å². The van der Waals surface area contributed by atoms with Gasteiger partial charge in [0.25, 0.3) is 0 Å². The lowest BCUT2D eigenvalue weighted by atomic mass is 10.2. The first kappa shape index (κ1) is 12.3. The number of rotatable bonds is 5. The minimum Gasteiger partial charge on any atom is -0.368 e. The van der Waals surface area contributed by atoms with Crippen molar-refractivity contribution in [1.82, 2.24) is 5.48 Å². The van der Waals surface area contributed by atoms with Gasteiger partial charge in [-0.15, -0.1) is 0 Å². The Morgan fingerprint density at radius 2 is 1.93 bits per heavy atom. The molecule has 1 amide bonds. The minimum absolute atomic E-state index is 0.172. The lowest BCUT2D eigenvalue weighted by molar-refractivity contribution is -0.125. The third-order valence-electron chi connectivity index (χ3n) is 1.52. The summed E-state index contributed by atoms with van der Waals surface area (Å²) in [5.41, 5.74) is 8.30. The number of halogens is 2. The Morgan fingerprint density at radius 3 is 2.47 bits per heavy atom. The summed E-state index contributed by atoms with van der Waals surface area (Å²) in [5.74, 6) is -0.536. The summed E-state index contributed by atoms with van der Waals surface area (Å²) in [4.78, 5) is 15.1. The van der Waals surface area contributed by atoms with Crippen LogP contribution in [0.15, 0.2) is 18.2 Å². The topological polar surface area (TPSA) is 64.4 Å². The number of primary amides is 1. The predicted molar refractivity (Wildman–Crippen MR) is 58.4 cm³/mol. The van der Waals surface area contributed by atoms with Crippen LogP contribution in [0, 0.1) is 0 Å². The van der Waals surface area contributed by atoms with Crippen molar-refractivity contribution in [2.24, 2.45) is 5.73 Å². The molecule has 0 fully saturated rings. The molecule has 3 N–H and O–H groups in total. The summed E-state index contributed by atoms with van der Waals surface area (Å²) in [7, 11) is 0. The van der Waals surface area contributed by atoms with Gasteiger partial charge >= 0.3 is 0 Å². The predicted octanol–water partition coefficient (Wildman–Crippen LogP) is 1.50. The Balaban J connectivity index is 2.40. The molecule has 0 unspecified atom stereocenters. The Bertz CT molecular complexity index is 338. The molecule has 0 radical (unpaired) electrons. The Kier molecular flexibility index (Phi) is 4.84. The van der Waals surface area contributed by atoms with Crippen molar-refractivity contribution < 1.29 is 9.63 Å². The van der Waals surface area contributed by atoms with Crippen LogP contribution in [0.5, 0.6) is 0 Å². The number of hydrogen-bond acceptors (Lipinski definition) is 3. The zero-order valence-corrected chi connectivity index (χ0v) is 9.31. The number of nitrogens with two attached hydrogens (primary N) is 1. The number of nitrogens with one attached hydrogen (secondary N) is 1. The van der Waals surface area contributed by atoms with Crippen molar-refractivity contribution in [2.45, 2.75) is 6.54 Å². The number of carbonyl (C=O) groups is 1. The van der Waals surface area contributed by atoms with Crippen molar-refractivity contribution >= 4 is 29.1 Å². The van der Waals surface area contributed by atoms with E-state index in [0.717, 1.165) is 5.56 Å². The first-order valence-corrected chi connectivity index (χ1v) is 4.91. The van der Waals surface area contributed by atoms with Gasteiger partial charge in [-0.25, -0.2) is 0 Å². The molecule has 4 nitrogen and oxygen atoms in total. The molecule has 6 heteroatoms. The molecule has 82 valence electrons. The third kappa shape index (κ3) is 4.99.